The van der Waals surface area contributed by atoms with Crippen molar-refractivity contribution in [3.8, 4) is 0 Å². The first kappa shape index (κ1) is 19.5. The predicted molar refractivity (Wildman–Crippen MR) is 106 cm³/mol. The summed E-state index contributed by atoms with van der Waals surface area (Å²) in [7, 11) is 1.83. The number of likely N-dealkylation sites (tertiary alicyclic amines) is 1. The van der Waals surface area contributed by atoms with Gasteiger partial charge in [-0.05, 0) is 44.9 Å². The van der Waals surface area contributed by atoms with Crippen LogP contribution in [0.2, 0.25) is 0 Å². The number of aliphatic hydroxyl groups is 3. The van der Waals surface area contributed by atoms with E-state index in [1.807, 2.05) is 23.3 Å². The Bertz CT molecular complexity index is 656. The molecule has 1 aromatic heterocycles. The zero-order valence-electron chi connectivity index (χ0n) is 15.3. The smallest absolute Gasteiger partial charge is 0.186 e. The van der Waals surface area contributed by atoms with Crippen LogP contribution in [0.15, 0.2) is 24.3 Å². The zero-order chi connectivity index (χ0) is 18.5. The Morgan fingerprint density at radius 3 is 2.54 bits per heavy atom. The average Bonchev–Trinajstić information content (AvgIpc) is 3.10. The molecule has 2 aromatic rings. The van der Waals surface area contributed by atoms with Crippen LogP contribution in [0.5, 0.6) is 0 Å². The average molecular weight is 380 g/mol. The lowest BCUT2D eigenvalue weighted by atomic mass is 9.98. The third-order valence-electron chi connectivity index (χ3n) is 5.18. The number of aromatic nitrogens is 1. The molecule has 2 fully saturated rings. The molecule has 2 saturated heterocycles. The maximum Gasteiger partial charge on any atom is 0.186 e. The highest BCUT2D eigenvalue weighted by Crippen LogP contribution is 2.30. The van der Waals surface area contributed by atoms with E-state index in [1.165, 1.54) is 42.2 Å². The number of nitrogens with zero attached hydrogens (tertiary/aromatic N) is 3. The van der Waals surface area contributed by atoms with E-state index in [0.717, 1.165) is 5.52 Å². The molecule has 4 rings (SSSR count). The van der Waals surface area contributed by atoms with Gasteiger partial charge in [0.05, 0.1) is 29.0 Å². The van der Waals surface area contributed by atoms with Crippen LogP contribution in [0, 0.1) is 0 Å². The van der Waals surface area contributed by atoms with Crippen LogP contribution in [0.1, 0.15) is 25.7 Å². The van der Waals surface area contributed by atoms with E-state index >= 15 is 0 Å². The van der Waals surface area contributed by atoms with Gasteiger partial charge in [-0.1, -0.05) is 23.5 Å². The van der Waals surface area contributed by atoms with E-state index in [0.29, 0.717) is 13.0 Å². The van der Waals surface area contributed by atoms with Gasteiger partial charge >= 0.3 is 0 Å². The molecule has 3 heterocycles. The van der Waals surface area contributed by atoms with Gasteiger partial charge in [0, 0.05) is 25.7 Å². The Morgan fingerprint density at radius 2 is 1.85 bits per heavy atom. The first-order valence-electron chi connectivity index (χ1n) is 9.36. The van der Waals surface area contributed by atoms with Crippen molar-refractivity contribution in [2.75, 3.05) is 38.2 Å². The molecule has 1 aromatic carbocycles. The van der Waals surface area contributed by atoms with E-state index in [1.54, 1.807) is 0 Å². The van der Waals surface area contributed by atoms with E-state index in [9.17, 15) is 10.2 Å². The highest BCUT2D eigenvalue weighted by molar-refractivity contribution is 7.22. The lowest BCUT2D eigenvalue weighted by Crippen LogP contribution is -2.51. The van der Waals surface area contributed by atoms with Gasteiger partial charge < -0.3 is 20.2 Å². The molecule has 0 aliphatic carbocycles. The molecule has 0 bridgehead atoms. The van der Waals surface area contributed by atoms with Gasteiger partial charge in [-0.2, -0.15) is 0 Å². The Balaban J connectivity index is 0.000000160. The summed E-state index contributed by atoms with van der Waals surface area (Å²) in [6.07, 6.45) is 3.12. The third-order valence-corrected chi connectivity index (χ3v) is 6.27. The van der Waals surface area contributed by atoms with Crippen LogP contribution in [0.4, 0.5) is 5.13 Å². The number of piperidine rings is 2. The highest BCUT2D eigenvalue weighted by atomic mass is 32.1. The van der Waals surface area contributed by atoms with Gasteiger partial charge in [0.1, 0.15) is 0 Å². The van der Waals surface area contributed by atoms with Gasteiger partial charge in [0.25, 0.3) is 0 Å². The number of β-amino-alcohol motifs (C(OH)–C–C–N with tert-alkyl or cyclic N) is 1. The van der Waals surface area contributed by atoms with Crippen molar-refractivity contribution in [3.63, 3.8) is 0 Å². The van der Waals surface area contributed by atoms with Crippen LogP contribution >= 0.6 is 11.3 Å². The molecule has 2 aliphatic rings. The van der Waals surface area contributed by atoms with Crippen molar-refractivity contribution >= 4 is 26.7 Å². The zero-order valence-corrected chi connectivity index (χ0v) is 16.1. The minimum absolute atomic E-state index is 0.00611. The lowest BCUT2D eigenvalue weighted by Gasteiger charge is -2.37. The van der Waals surface area contributed by atoms with Crippen LogP contribution in [-0.4, -0.2) is 76.7 Å². The van der Waals surface area contributed by atoms with Crippen molar-refractivity contribution in [2.45, 2.75) is 43.9 Å². The summed E-state index contributed by atoms with van der Waals surface area (Å²) in [6.45, 7) is 2.84. The number of para-hydroxylation sites is 1. The largest absolute Gasteiger partial charge is 0.395 e. The fraction of sp³-hybridized carbons (Fsp3) is 0.632. The second-order valence-corrected chi connectivity index (χ2v) is 8.17. The molecule has 144 valence electrons. The highest BCUT2D eigenvalue weighted by Gasteiger charge is 2.30. The third kappa shape index (κ3) is 4.72. The molecule has 0 saturated carbocycles. The number of thiazole rings is 1. The first-order valence-corrected chi connectivity index (χ1v) is 10.2. The number of benzene rings is 1. The normalized spacial score (nSPS) is 27.2. The summed E-state index contributed by atoms with van der Waals surface area (Å²) >= 11 is 1.82. The quantitative estimate of drug-likeness (QED) is 0.737. The molecule has 1 unspecified atom stereocenters. The maximum absolute atomic E-state index is 9.21. The minimum Gasteiger partial charge on any atom is -0.395 e. The Morgan fingerprint density at radius 1 is 1.12 bits per heavy atom. The summed E-state index contributed by atoms with van der Waals surface area (Å²) in [4.78, 5) is 8.96. The maximum atomic E-state index is 9.21. The summed E-state index contributed by atoms with van der Waals surface area (Å²) in [5, 5.41) is 28.4. The fourth-order valence-electron chi connectivity index (χ4n) is 3.48. The predicted octanol–water partition coefficient (Wildman–Crippen LogP) is 1.69. The van der Waals surface area contributed by atoms with Crippen molar-refractivity contribution in [2.24, 2.45) is 0 Å². The molecule has 6 nitrogen and oxygen atoms in total. The van der Waals surface area contributed by atoms with Crippen LogP contribution in [0.3, 0.4) is 0 Å². The summed E-state index contributed by atoms with van der Waals surface area (Å²) in [5.74, 6) is 0. The fourth-order valence-corrected chi connectivity index (χ4v) is 4.49. The molecular formula is C19H29N3O3S. The summed E-state index contributed by atoms with van der Waals surface area (Å²) < 4.78 is 1.30. The van der Waals surface area contributed by atoms with Gasteiger partial charge in [-0.15, -0.1) is 0 Å². The molecule has 0 radical (unpaired) electrons. The number of rotatable bonds is 2. The topological polar surface area (TPSA) is 80.1 Å². The molecule has 0 spiro atoms. The Hall–Kier alpha value is -1.25. The number of anilines is 1. The van der Waals surface area contributed by atoms with Crippen LogP contribution in [-0.2, 0) is 0 Å². The van der Waals surface area contributed by atoms with Crippen molar-refractivity contribution in [1.29, 1.82) is 0 Å². The molecular weight excluding hydrogens is 350 g/mol. The molecule has 3 atom stereocenters. The minimum atomic E-state index is -0.677. The van der Waals surface area contributed by atoms with Crippen LogP contribution in [0.25, 0.3) is 10.2 Å². The number of fused-ring (bicyclic) bond motifs is 1. The van der Waals surface area contributed by atoms with Crippen LogP contribution < -0.4 is 4.90 Å². The standard InChI is InChI=1S/C12H14N2S.C7H15NO3/c1-4-8-14(9-5-1)12-13-10-6-2-3-7-11(10)15-12;1-8-3-7(11)6(10)2-5(8)4-9/h2-3,6-7H,1,4-5,8-9H2;5-7,9-11H,2-4H2,1H3/t;5-,6?,7+/m.1/s1. The molecule has 0 amide bonds. The number of aliphatic hydroxyl groups excluding tert-OH is 3. The SMILES string of the molecule is CN1C[C@H](O)C(O)C[C@@H]1CO.c1ccc2sc(N3CCCCC3)nc2c1. The lowest BCUT2D eigenvalue weighted by molar-refractivity contribution is -0.0626. The van der Waals surface area contributed by atoms with Crippen molar-refractivity contribution < 1.29 is 15.3 Å². The van der Waals surface area contributed by atoms with Gasteiger partial charge in [0.15, 0.2) is 5.13 Å². The number of hydrogen-bond donors (Lipinski definition) is 3. The van der Waals surface area contributed by atoms with Gasteiger partial charge in [0.2, 0.25) is 0 Å². The van der Waals surface area contributed by atoms with E-state index in [4.69, 9.17) is 5.11 Å². The molecule has 26 heavy (non-hydrogen) atoms. The monoisotopic (exact) mass is 379 g/mol. The van der Waals surface area contributed by atoms with Crippen molar-refractivity contribution in [3.05, 3.63) is 24.3 Å². The van der Waals surface area contributed by atoms with Crippen molar-refractivity contribution in [1.82, 2.24) is 9.88 Å². The Labute approximate surface area is 158 Å². The van der Waals surface area contributed by atoms with Gasteiger partial charge in [-0.3, -0.25) is 4.90 Å². The number of likely N-dealkylation sites (N-methyl/N-ethyl adjacent to an activating group) is 1. The van der Waals surface area contributed by atoms with Gasteiger partial charge in [-0.25, -0.2) is 4.98 Å². The summed E-state index contributed by atoms with van der Waals surface area (Å²) in [6, 6.07) is 8.39. The Kier molecular flexibility index (Phi) is 6.83. The van der Waals surface area contributed by atoms with E-state index in [2.05, 4.69) is 34.1 Å². The first-order chi connectivity index (χ1) is 12.6. The summed E-state index contributed by atoms with van der Waals surface area (Å²) in [5.41, 5.74) is 1.14. The van der Waals surface area contributed by atoms with E-state index in [-0.39, 0.29) is 12.6 Å². The molecule has 2 aliphatic heterocycles. The van der Waals surface area contributed by atoms with E-state index < -0.39 is 12.2 Å². The molecule has 7 heteroatoms. The number of hydrogen-bond acceptors (Lipinski definition) is 7. The molecule has 3 N–H and O–H groups in total. The second kappa shape index (κ2) is 9.10. The second-order valence-electron chi connectivity index (χ2n) is 7.16.